The maximum atomic E-state index is 12.4. The van der Waals surface area contributed by atoms with Gasteiger partial charge in [0.15, 0.2) is 0 Å². The van der Waals surface area contributed by atoms with Gasteiger partial charge in [0.1, 0.15) is 5.69 Å². The number of anilines is 1. The molecule has 0 unspecified atom stereocenters. The molecule has 0 radical (unpaired) electrons. The highest BCUT2D eigenvalue weighted by atomic mass is 19.4. The van der Waals surface area contributed by atoms with E-state index in [1.165, 1.54) is 6.07 Å². The molecule has 5 nitrogen and oxygen atoms in total. The lowest BCUT2D eigenvalue weighted by Crippen LogP contribution is -2.37. The number of hydrogen-bond donors (Lipinski definition) is 2. The number of amides is 2. The first-order valence-electron chi connectivity index (χ1n) is 7.13. The third-order valence-electron chi connectivity index (χ3n) is 3.36. The van der Waals surface area contributed by atoms with Gasteiger partial charge < -0.3 is 15.3 Å². The molecule has 1 aliphatic rings. The molecule has 22 heavy (non-hydrogen) atoms. The molecular formula is C14H18F3N3O2. The Bertz CT molecular complexity index is 501. The van der Waals surface area contributed by atoms with Gasteiger partial charge in [-0.3, -0.25) is 0 Å². The van der Waals surface area contributed by atoms with Crippen molar-refractivity contribution >= 4 is 11.7 Å². The number of hydrogen-bond acceptors (Lipinski definition) is 3. The Hall–Kier alpha value is -1.83. The summed E-state index contributed by atoms with van der Waals surface area (Å²) < 4.78 is 37.3. The molecule has 1 aromatic heterocycles. The lowest BCUT2D eigenvalue weighted by Gasteiger charge is -2.22. The van der Waals surface area contributed by atoms with Gasteiger partial charge in [-0.05, 0) is 37.8 Å². The fraction of sp³-hybridized carbons (Fsp3) is 0.571. The molecule has 1 aromatic rings. The van der Waals surface area contributed by atoms with Gasteiger partial charge in [0.2, 0.25) is 0 Å². The average Bonchev–Trinajstić information content (AvgIpc) is 3.27. The topological polar surface area (TPSA) is 65.5 Å². The summed E-state index contributed by atoms with van der Waals surface area (Å²) in [5.74, 6) is 0. The minimum Gasteiger partial charge on any atom is -0.396 e. The number of aromatic nitrogens is 1. The zero-order valence-electron chi connectivity index (χ0n) is 11.9. The molecule has 8 heteroatoms. The molecule has 1 saturated carbocycles. The molecule has 0 saturated heterocycles. The number of unbranched alkanes of at least 4 members (excludes halogenated alkanes) is 1. The molecule has 0 atom stereocenters. The second kappa shape index (κ2) is 6.95. The maximum absolute atomic E-state index is 12.4. The van der Waals surface area contributed by atoms with Crippen LogP contribution in [0.25, 0.3) is 0 Å². The maximum Gasteiger partial charge on any atom is 0.433 e. The summed E-state index contributed by atoms with van der Waals surface area (Å²) in [5.41, 5.74) is -0.765. The summed E-state index contributed by atoms with van der Waals surface area (Å²) in [4.78, 5) is 17.1. The highest BCUT2D eigenvalue weighted by Gasteiger charge is 2.33. The first-order valence-corrected chi connectivity index (χ1v) is 7.13. The third-order valence-corrected chi connectivity index (χ3v) is 3.36. The van der Waals surface area contributed by atoms with Crippen LogP contribution in [0.5, 0.6) is 0 Å². The van der Waals surface area contributed by atoms with E-state index in [-0.39, 0.29) is 24.4 Å². The Morgan fingerprint density at radius 3 is 2.59 bits per heavy atom. The van der Waals surface area contributed by atoms with Gasteiger partial charge in [0.05, 0.1) is 11.9 Å². The summed E-state index contributed by atoms with van der Waals surface area (Å²) in [6, 6.07) is 1.86. The highest BCUT2D eigenvalue weighted by molar-refractivity contribution is 5.89. The zero-order chi connectivity index (χ0) is 16.2. The van der Waals surface area contributed by atoms with Crippen molar-refractivity contribution in [2.24, 2.45) is 0 Å². The Balaban J connectivity index is 1.94. The number of halogens is 3. The van der Waals surface area contributed by atoms with Gasteiger partial charge in [-0.1, -0.05) is 0 Å². The predicted molar refractivity (Wildman–Crippen MR) is 74.3 cm³/mol. The first-order chi connectivity index (χ1) is 10.4. The number of nitrogens with one attached hydrogen (secondary N) is 1. The molecule has 0 bridgehead atoms. The van der Waals surface area contributed by atoms with Crippen LogP contribution in [0.4, 0.5) is 23.7 Å². The molecule has 0 aliphatic heterocycles. The van der Waals surface area contributed by atoms with Crippen LogP contribution in [0.15, 0.2) is 18.3 Å². The van der Waals surface area contributed by atoms with Crippen molar-refractivity contribution in [2.75, 3.05) is 18.5 Å². The van der Waals surface area contributed by atoms with E-state index in [0.29, 0.717) is 19.4 Å². The molecule has 1 aliphatic carbocycles. The number of carbonyl (C=O) groups excluding carboxylic acids is 1. The Kier molecular flexibility index (Phi) is 5.23. The van der Waals surface area contributed by atoms with E-state index < -0.39 is 11.9 Å². The SMILES string of the molecule is O=C(Nc1ccc(C(F)(F)F)nc1)N(CCCCO)C1CC1. The summed E-state index contributed by atoms with van der Waals surface area (Å²) in [6.07, 6.45) is -0.341. The van der Waals surface area contributed by atoms with E-state index in [9.17, 15) is 18.0 Å². The lowest BCUT2D eigenvalue weighted by molar-refractivity contribution is -0.141. The van der Waals surface area contributed by atoms with Crippen molar-refractivity contribution in [1.29, 1.82) is 0 Å². The van der Waals surface area contributed by atoms with Crippen molar-refractivity contribution in [3.8, 4) is 0 Å². The van der Waals surface area contributed by atoms with Crippen molar-refractivity contribution in [1.82, 2.24) is 9.88 Å². The fourth-order valence-electron chi connectivity index (χ4n) is 2.06. The van der Waals surface area contributed by atoms with Gasteiger partial charge in [0.25, 0.3) is 0 Å². The number of urea groups is 1. The van der Waals surface area contributed by atoms with E-state index >= 15 is 0 Å². The smallest absolute Gasteiger partial charge is 0.396 e. The second-order valence-corrected chi connectivity index (χ2v) is 5.22. The molecule has 0 aromatic carbocycles. The standard InChI is InChI=1S/C14H18F3N3O2/c15-14(16,17)12-6-3-10(9-18-12)19-13(22)20(11-4-5-11)7-1-2-8-21/h3,6,9,11,21H,1-2,4-5,7-8H2,(H,19,22). The number of aliphatic hydroxyl groups is 1. The van der Waals surface area contributed by atoms with E-state index in [4.69, 9.17) is 5.11 Å². The number of carbonyl (C=O) groups is 1. The molecule has 2 N–H and O–H groups in total. The van der Waals surface area contributed by atoms with Crippen molar-refractivity contribution in [3.63, 3.8) is 0 Å². The van der Waals surface area contributed by atoms with Crippen LogP contribution in [0.2, 0.25) is 0 Å². The molecule has 2 rings (SSSR count). The summed E-state index contributed by atoms with van der Waals surface area (Å²) >= 11 is 0. The molecule has 122 valence electrons. The van der Waals surface area contributed by atoms with Gasteiger partial charge in [-0.15, -0.1) is 0 Å². The van der Waals surface area contributed by atoms with Crippen LogP contribution in [0, 0.1) is 0 Å². The minimum absolute atomic E-state index is 0.0724. The predicted octanol–water partition coefficient (Wildman–Crippen LogP) is 2.87. The number of alkyl halides is 3. The molecule has 1 fully saturated rings. The van der Waals surface area contributed by atoms with Crippen molar-refractivity contribution in [2.45, 2.75) is 37.9 Å². The number of aliphatic hydroxyl groups excluding tert-OH is 1. The molecule has 2 amide bonds. The van der Waals surface area contributed by atoms with Gasteiger partial charge in [0, 0.05) is 19.2 Å². The second-order valence-electron chi connectivity index (χ2n) is 5.22. The van der Waals surface area contributed by atoms with E-state index in [1.807, 2.05) is 0 Å². The van der Waals surface area contributed by atoms with Crippen molar-refractivity contribution in [3.05, 3.63) is 24.0 Å². The Labute approximate surface area is 126 Å². The van der Waals surface area contributed by atoms with E-state index in [1.54, 1.807) is 4.90 Å². The quantitative estimate of drug-likeness (QED) is 0.793. The first kappa shape index (κ1) is 16.5. The Morgan fingerprint density at radius 1 is 1.36 bits per heavy atom. The number of rotatable bonds is 6. The van der Waals surface area contributed by atoms with Gasteiger partial charge in [-0.2, -0.15) is 13.2 Å². The van der Waals surface area contributed by atoms with Crippen LogP contribution >= 0.6 is 0 Å². The van der Waals surface area contributed by atoms with Crippen LogP contribution < -0.4 is 5.32 Å². The third kappa shape index (κ3) is 4.59. The van der Waals surface area contributed by atoms with E-state index in [2.05, 4.69) is 10.3 Å². The van der Waals surface area contributed by atoms with Crippen LogP contribution in [-0.4, -0.2) is 40.2 Å². The molecule has 0 spiro atoms. The van der Waals surface area contributed by atoms with E-state index in [0.717, 1.165) is 25.1 Å². The molecule has 1 heterocycles. The van der Waals surface area contributed by atoms with Gasteiger partial charge >= 0.3 is 12.2 Å². The summed E-state index contributed by atoms with van der Waals surface area (Å²) in [6.45, 7) is 0.591. The van der Waals surface area contributed by atoms with Crippen LogP contribution in [0.1, 0.15) is 31.4 Å². The normalized spacial score (nSPS) is 14.7. The Morgan fingerprint density at radius 2 is 2.09 bits per heavy atom. The zero-order valence-corrected chi connectivity index (χ0v) is 11.9. The summed E-state index contributed by atoms with van der Waals surface area (Å²) in [5, 5.41) is 11.3. The summed E-state index contributed by atoms with van der Waals surface area (Å²) in [7, 11) is 0. The number of nitrogens with zero attached hydrogens (tertiary/aromatic N) is 2. The number of pyridine rings is 1. The lowest BCUT2D eigenvalue weighted by atomic mass is 10.3. The minimum atomic E-state index is -4.49. The van der Waals surface area contributed by atoms with Crippen LogP contribution in [0.3, 0.4) is 0 Å². The largest absolute Gasteiger partial charge is 0.433 e. The highest BCUT2D eigenvalue weighted by Crippen LogP contribution is 2.29. The fourth-order valence-corrected chi connectivity index (χ4v) is 2.06. The molecular weight excluding hydrogens is 299 g/mol. The van der Waals surface area contributed by atoms with Crippen molar-refractivity contribution < 1.29 is 23.1 Å². The average molecular weight is 317 g/mol. The van der Waals surface area contributed by atoms with Crippen LogP contribution in [-0.2, 0) is 6.18 Å². The monoisotopic (exact) mass is 317 g/mol. The van der Waals surface area contributed by atoms with Gasteiger partial charge in [-0.25, -0.2) is 9.78 Å².